The Bertz CT molecular complexity index is 781. The molecule has 3 rings (SSSR count). The van der Waals surface area contributed by atoms with Crippen molar-refractivity contribution in [1.82, 2.24) is 4.98 Å². The molecule has 1 amide bonds. The molecule has 26 heavy (non-hydrogen) atoms. The fraction of sp³-hybridized carbons (Fsp3) is 0.400. The van der Waals surface area contributed by atoms with E-state index >= 15 is 0 Å². The van der Waals surface area contributed by atoms with Gasteiger partial charge < -0.3 is 15.0 Å². The number of amides is 1. The maximum atomic E-state index is 12.7. The summed E-state index contributed by atoms with van der Waals surface area (Å²) in [4.78, 5) is 19.4. The smallest absolute Gasteiger partial charge is 0.257 e. The van der Waals surface area contributed by atoms with Crippen LogP contribution < -0.4 is 15.0 Å². The second kappa shape index (κ2) is 8.41. The largest absolute Gasteiger partial charge is 0.495 e. The van der Waals surface area contributed by atoms with Crippen LogP contribution in [0.1, 0.15) is 43.0 Å². The molecule has 6 heteroatoms. The van der Waals surface area contributed by atoms with Crippen LogP contribution in [0.25, 0.3) is 0 Å². The van der Waals surface area contributed by atoms with Crippen molar-refractivity contribution in [1.29, 1.82) is 0 Å². The number of benzene rings is 1. The van der Waals surface area contributed by atoms with E-state index in [1.54, 1.807) is 31.5 Å². The van der Waals surface area contributed by atoms with Crippen LogP contribution in [0.3, 0.4) is 0 Å². The zero-order valence-electron chi connectivity index (χ0n) is 15.2. The van der Waals surface area contributed by atoms with Gasteiger partial charge in [0.2, 0.25) is 0 Å². The zero-order valence-corrected chi connectivity index (χ0v) is 15.9. The summed E-state index contributed by atoms with van der Waals surface area (Å²) in [5, 5.41) is 3.40. The van der Waals surface area contributed by atoms with Crippen molar-refractivity contribution >= 4 is 28.9 Å². The van der Waals surface area contributed by atoms with Gasteiger partial charge in [0.15, 0.2) is 0 Å². The Balaban J connectivity index is 1.81. The van der Waals surface area contributed by atoms with E-state index in [1.165, 1.54) is 19.3 Å². The number of pyridine rings is 1. The molecular formula is C20H24ClN3O2. The van der Waals surface area contributed by atoms with Gasteiger partial charge in [-0.3, -0.25) is 9.78 Å². The van der Waals surface area contributed by atoms with Crippen molar-refractivity contribution in [2.24, 2.45) is 0 Å². The third-order valence-electron chi connectivity index (χ3n) is 4.83. The summed E-state index contributed by atoms with van der Waals surface area (Å²) >= 11 is 6.04. The van der Waals surface area contributed by atoms with Gasteiger partial charge in [0.25, 0.3) is 5.91 Å². The minimum absolute atomic E-state index is 0.232. The highest BCUT2D eigenvalue weighted by Gasteiger charge is 2.22. The van der Waals surface area contributed by atoms with E-state index < -0.39 is 0 Å². The summed E-state index contributed by atoms with van der Waals surface area (Å²) in [5.41, 5.74) is 2.06. The lowest BCUT2D eigenvalue weighted by atomic mass is 9.99. The number of anilines is 2. The van der Waals surface area contributed by atoms with E-state index in [9.17, 15) is 4.79 Å². The standard InChI is InChI=1S/C20H24ClN3O2/c1-3-16-6-4-5-9-24(16)17-10-14(12-22-13-17)20(25)23-18-11-15(21)7-8-19(18)26-2/h7-8,10-13,16H,3-6,9H2,1-2H3,(H,23,25). The van der Waals surface area contributed by atoms with Crippen LogP contribution in [0.2, 0.25) is 5.02 Å². The summed E-state index contributed by atoms with van der Waals surface area (Å²) in [6.07, 6.45) is 8.14. The average molecular weight is 374 g/mol. The van der Waals surface area contributed by atoms with E-state index in [4.69, 9.17) is 16.3 Å². The molecule has 1 aliphatic rings. The number of nitrogens with zero attached hydrogens (tertiary/aromatic N) is 2. The molecule has 2 heterocycles. The van der Waals surface area contributed by atoms with Gasteiger partial charge in [-0.1, -0.05) is 18.5 Å². The Hall–Kier alpha value is -2.27. The number of hydrogen-bond donors (Lipinski definition) is 1. The minimum Gasteiger partial charge on any atom is -0.495 e. The maximum Gasteiger partial charge on any atom is 0.257 e. The number of hydrogen-bond acceptors (Lipinski definition) is 4. The molecule has 0 aliphatic carbocycles. The van der Waals surface area contributed by atoms with Crippen LogP contribution in [-0.2, 0) is 0 Å². The lowest BCUT2D eigenvalue weighted by Crippen LogP contribution is -2.39. The molecule has 1 fully saturated rings. The number of carbonyl (C=O) groups excluding carboxylic acids is 1. The van der Waals surface area contributed by atoms with Crippen molar-refractivity contribution in [3.8, 4) is 5.75 Å². The van der Waals surface area contributed by atoms with Crippen LogP contribution in [0.5, 0.6) is 5.75 Å². The highest BCUT2D eigenvalue weighted by Crippen LogP contribution is 2.29. The number of methoxy groups -OCH3 is 1. The predicted molar refractivity (Wildman–Crippen MR) is 105 cm³/mol. The number of piperidine rings is 1. The van der Waals surface area contributed by atoms with Crippen LogP contribution >= 0.6 is 11.6 Å². The molecule has 0 bridgehead atoms. The Morgan fingerprint density at radius 1 is 1.35 bits per heavy atom. The average Bonchev–Trinajstić information content (AvgIpc) is 2.68. The fourth-order valence-corrected chi connectivity index (χ4v) is 3.62. The molecule has 2 aromatic rings. The van der Waals surface area contributed by atoms with E-state index in [1.807, 2.05) is 12.3 Å². The monoisotopic (exact) mass is 373 g/mol. The van der Waals surface area contributed by atoms with Crippen LogP contribution in [0.15, 0.2) is 36.7 Å². The number of aromatic nitrogens is 1. The van der Waals surface area contributed by atoms with Gasteiger partial charge in [0.05, 0.1) is 30.2 Å². The number of ether oxygens (including phenoxy) is 1. The van der Waals surface area contributed by atoms with Gasteiger partial charge in [-0.25, -0.2) is 0 Å². The van der Waals surface area contributed by atoms with Gasteiger partial charge >= 0.3 is 0 Å². The molecular weight excluding hydrogens is 350 g/mol. The Morgan fingerprint density at radius 2 is 2.19 bits per heavy atom. The highest BCUT2D eigenvalue weighted by atomic mass is 35.5. The quantitative estimate of drug-likeness (QED) is 0.820. The van der Waals surface area contributed by atoms with Gasteiger partial charge in [-0.2, -0.15) is 0 Å². The molecule has 1 aliphatic heterocycles. The third-order valence-corrected chi connectivity index (χ3v) is 5.06. The Kier molecular flexibility index (Phi) is 5.99. The molecule has 0 radical (unpaired) electrons. The first kappa shape index (κ1) is 18.5. The number of halogens is 1. The molecule has 1 atom stereocenters. The Morgan fingerprint density at radius 3 is 2.96 bits per heavy atom. The van der Waals surface area contributed by atoms with Crippen molar-refractivity contribution in [3.63, 3.8) is 0 Å². The van der Waals surface area contributed by atoms with Crippen molar-refractivity contribution < 1.29 is 9.53 Å². The van der Waals surface area contributed by atoms with Gasteiger partial charge in [-0.05, 0) is 49.9 Å². The molecule has 1 aromatic heterocycles. The highest BCUT2D eigenvalue weighted by molar-refractivity contribution is 6.31. The molecule has 1 aromatic carbocycles. The van der Waals surface area contributed by atoms with Gasteiger partial charge in [-0.15, -0.1) is 0 Å². The fourth-order valence-electron chi connectivity index (χ4n) is 3.45. The molecule has 5 nitrogen and oxygen atoms in total. The summed E-state index contributed by atoms with van der Waals surface area (Å²) in [5.74, 6) is 0.332. The van der Waals surface area contributed by atoms with E-state index in [0.29, 0.717) is 28.1 Å². The van der Waals surface area contributed by atoms with Crippen molar-refractivity contribution in [2.75, 3.05) is 23.9 Å². The first-order valence-electron chi connectivity index (χ1n) is 8.99. The van der Waals surface area contributed by atoms with Gasteiger partial charge in [0, 0.05) is 23.8 Å². The molecule has 1 N–H and O–H groups in total. The molecule has 1 unspecified atom stereocenters. The zero-order chi connectivity index (χ0) is 18.5. The SMILES string of the molecule is CCC1CCCCN1c1cncc(C(=O)Nc2cc(Cl)ccc2OC)c1. The lowest BCUT2D eigenvalue weighted by Gasteiger charge is -2.37. The maximum absolute atomic E-state index is 12.7. The van der Waals surface area contributed by atoms with Crippen molar-refractivity contribution in [2.45, 2.75) is 38.6 Å². The van der Waals surface area contributed by atoms with E-state index in [2.05, 4.69) is 22.1 Å². The normalized spacial score (nSPS) is 17.0. The number of rotatable bonds is 5. The summed E-state index contributed by atoms with van der Waals surface area (Å²) < 4.78 is 5.29. The predicted octanol–water partition coefficient (Wildman–Crippen LogP) is 4.76. The topological polar surface area (TPSA) is 54.5 Å². The van der Waals surface area contributed by atoms with Crippen LogP contribution in [0, 0.1) is 0 Å². The minimum atomic E-state index is -0.232. The van der Waals surface area contributed by atoms with E-state index in [-0.39, 0.29) is 5.91 Å². The summed E-state index contributed by atoms with van der Waals surface area (Å²) in [6.45, 7) is 3.21. The Labute approximate surface area is 159 Å². The van der Waals surface area contributed by atoms with Crippen molar-refractivity contribution in [3.05, 3.63) is 47.2 Å². The van der Waals surface area contributed by atoms with Gasteiger partial charge in [0.1, 0.15) is 5.75 Å². The third kappa shape index (κ3) is 4.10. The molecule has 0 saturated carbocycles. The number of nitrogens with one attached hydrogen (secondary N) is 1. The van der Waals surface area contributed by atoms with E-state index in [0.717, 1.165) is 18.7 Å². The first-order chi connectivity index (χ1) is 12.6. The second-order valence-corrected chi connectivity index (χ2v) is 6.92. The van der Waals surface area contributed by atoms with Crippen LogP contribution in [0.4, 0.5) is 11.4 Å². The molecule has 1 saturated heterocycles. The lowest BCUT2D eigenvalue weighted by molar-refractivity contribution is 0.102. The first-order valence-corrected chi connectivity index (χ1v) is 9.36. The molecule has 138 valence electrons. The summed E-state index contributed by atoms with van der Waals surface area (Å²) in [7, 11) is 1.56. The second-order valence-electron chi connectivity index (χ2n) is 6.48. The number of carbonyl (C=O) groups is 1. The summed E-state index contributed by atoms with van der Waals surface area (Å²) in [6, 6.07) is 7.55. The molecule has 0 spiro atoms. The van der Waals surface area contributed by atoms with Crippen LogP contribution in [-0.4, -0.2) is 30.6 Å².